The minimum absolute atomic E-state index is 0.0673. The second-order valence-electron chi connectivity index (χ2n) is 8.66. The number of nitrogens with zero attached hydrogens (tertiary/aromatic N) is 1. The molecule has 174 valence electrons. The van der Waals surface area contributed by atoms with E-state index in [4.69, 9.17) is 0 Å². The first-order valence-electron chi connectivity index (χ1n) is 11.5. The summed E-state index contributed by atoms with van der Waals surface area (Å²) in [6, 6.07) is 17.9. The number of aryl methyl sites for hydroxylation is 1. The Morgan fingerprint density at radius 3 is 2.39 bits per heavy atom. The maximum atomic E-state index is 13.3. The first-order chi connectivity index (χ1) is 15.9. The largest absolute Gasteiger partial charge is 0.321 e. The van der Waals surface area contributed by atoms with E-state index in [0.717, 1.165) is 44.5 Å². The molecule has 0 bridgehead atoms. The normalized spacial score (nSPS) is 15.6. The average Bonchev–Trinajstić information content (AvgIpc) is 2.80. The number of carbonyl (C=O) groups is 1. The molecular weight excluding hydrogens is 434 g/mol. The molecule has 1 aliphatic rings. The van der Waals surface area contributed by atoms with Crippen molar-refractivity contribution in [3.8, 4) is 0 Å². The SMILES string of the molecule is CCCN1CCC(NS(=O)(=O)c2cccc3c(NC(=O)c4ccccc4C)cccc23)CC1. The number of hydrogen-bond donors (Lipinski definition) is 2. The van der Waals surface area contributed by atoms with Gasteiger partial charge in [0.25, 0.3) is 5.91 Å². The van der Waals surface area contributed by atoms with E-state index in [9.17, 15) is 13.2 Å². The van der Waals surface area contributed by atoms with Crippen molar-refractivity contribution < 1.29 is 13.2 Å². The Balaban J connectivity index is 1.58. The quantitative estimate of drug-likeness (QED) is 0.536. The van der Waals surface area contributed by atoms with Gasteiger partial charge in [-0.15, -0.1) is 0 Å². The zero-order valence-corrected chi connectivity index (χ0v) is 20.0. The molecule has 1 saturated heterocycles. The number of fused-ring (bicyclic) bond motifs is 1. The smallest absolute Gasteiger partial charge is 0.255 e. The van der Waals surface area contributed by atoms with Crippen molar-refractivity contribution in [3.05, 3.63) is 71.8 Å². The van der Waals surface area contributed by atoms with Gasteiger partial charge in [-0.3, -0.25) is 4.79 Å². The van der Waals surface area contributed by atoms with Crippen molar-refractivity contribution in [3.63, 3.8) is 0 Å². The van der Waals surface area contributed by atoms with Crippen molar-refractivity contribution >= 4 is 32.4 Å². The summed E-state index contributed by atoms with van der Waals surface area (Å²) in [6.45, 7) is 6.92. The number of rotatable bonds is 7. The highest BCUT2D eigenvalue weighted by Crippen LogP contribution is 2.30. The highest BCUT2D eigenvalue weighted by atomic mass is 32.2. The summed E-state index contributed by atoms with van der Waals surface area (Å²) >= 11 is 0. The molecule has 0 saturated carbocycles. The van der Waals surface area contributed by atoms with Gasteiger partial charge >= 0.3 is 0 Å². The molecule has 0 unspecified atom stereocenters. The molecule has 0 spiro atoms. The molecule has 4 rings (SSSR count). The van der Waals surface area contributed by atoms with Gasteiger partial charge in [0, 0.05) is 28.1 Å². The molecule has 0 atom stereocenters. The molecule has 6 nitrogen and oxygen atoms in total. The lowest BCUT2D eigenvalue weighted by atomic mass is 10.1. The van der Waals surface area contributed by atoms with Crippen molar-refractivity contribution in [2.45, 2.75) is 44.0 Å². The van der Waals surface area contributed by atoms with Crippen molar-refractivity contribution in [1.82, 2.24) is 9.62 Å². The van der Waals surface area contributed by atoms with Gasteiger partial charge in [-0.25, -0.2) is 13.1 Å². The van der Waals surface area contributed by atoms with Crippen molar-refractivity contribution in [2.75, 3.05) is 25.0 Å². The van der Waals surface area contributed by atoms with E-state index in [2.05, 4.69) is 21.9 Å². The van der Waals surface area contributed by atoms with E-state index >= 15 is 0 Å². The third kappa shape index (κ3) is 5.27. The molecule has 3 aromatic carbocycles. The van der Waals surface area contributed by atoms with Crippen LogP contribution in [0, 0.1) is 6.92 Å². The van der Waals surface area contributed by atoms with Crippen LogP contribution >= 0.6 is 0 Å². The van der Waals surface area contributed by atoms with E-state index in [1.807, 2.05) is 31.2 Å². The van der Waals surface area contributed by atoms with Crippen LogP contribution in [0.5, 0.6) is 0 Å². The molecule has 0 aromatic heterocycles. The number of benzene rings is 3. The van der Waals surface area contributed by atoms with E-state index in [1.165, 1.54) is 0 Å². The monoisotopic (exact) mass is 465 g/mol. The predicted molar refractivity (Wildman–Crippen MR) is 133 cm³/mol. The maximum Gasteiger partial charge on any atom is 0.255 e. The van der Waals surface area contributed by atoms with Crippen LogP contribution in [0.25, 0.3) is 10.8 Å². The minimum Gasteiger partial charge on any atom is -0.321 e. The minimum atomic E-state index is -3.70. The Morgan fingerprint density at radius 1 is 0.970 bits per heavy atom. The third-order valence-corrected chi connectivity index (χ3v) is 7.84. The summed E-state index contributed by atoms with van der Waals surface area (Å²) in [5.74, 6) is -0.217. The molecule has 1 fully saturated rings. The number of piperidine rings is 1. The van der Waals surface area contributed by atoms with Crippen LogP contribution in [0.1, 0.15) is 42.1 Å². The first kappa shape index (κ1) is 23.4. The lowest BCUT2D eigenvalue weighted by molar-refractivity contribution is 0.102. The van der Waals surface area contributed by atoms with Gasteiger partial charge in [0.2, 0.25) is 10.0 Å². The lowest BCUT2D eigenvalue weighted by Gasteiger charge is -2.32. The lowest BCUT2D eigenvalue weighted by Crippen LogP contribution is -2.44. The molecule has 0 aliphatic carbocycles. The van der Waals surface area contributed by atoms with Crippen LogP contribution in [-0.4, -0.2) is 44.9 Å². The van der Waals surface area contributed by atoms with Crippen LogP contribution in [0.2, 0.25) is 0 Å². The average molecular weight is 466 g/mol. The van der Waals surface area contributed by atoms with Crippen LogP contribution in [-0.2, 0) is 10.0 Å². The summed E-state index contributed by atoms with van der Waals surface area (Å²) in [7, 11) is -3.70. The van der Waals surface area contributed by atoms with Crippen molar-refractivity contribution in [2.24, 2.45) is 0 Å². The standard InChI is InChI=1S/C26H31N3O3S/c1-3-16-29-17-14-20(15-18-29)28-33(31,32)25-13-7-10-22-23(25)11-6-12-24(22)27-26(30)21-9-5-4-8-19(21)2/h4-13,20,28H,3,14-18H2,1-2H3,(H,27,30). The molecule has 33 heavy (non-hydrogen) atoms. The number of hydrogen-bond acceptors (Lipinski definition) is 4. The third-order valence-electron chi connectivity index (χ3n) is 6.26. The Hall–Kier alpha value is -2.74. The van der Waals surface area contributed by atoms with Gasteiger partial charge < -0.3 is 10.2 Å². The number of nitrogens with one attached hydrogen (secondary N) is 2. The fourth-order valence-corrected chi connectivity index (χ4v) is 6.04. The van der Waals surface area contributed by atoms with Gasteiger partial charge in [0.15, 0.2) is 0 Å². The second kappa shape index (κ2) is 10.0. The highest BCUT2D eigenvalue weighted by Gasteiger charge is 2.26. The number of sulfonamides is 1. The Labute approximate surface area is 196 Å². The van der Waals surface area contributed by atoms with Gasteiger partial charge in [0.05, 0.1) is 4.90 Å². The number of carbonyl (C=O) groups excluding carboxylic acids is 1. The molecule has 2 N–H and O–H groups in total. The molecule has 7 heteroatoms. The summed E-state index contributed by atoms with van der Waals surface area (Å²) in [5, 5.41) is 4.25. The zero-order chi connectivity index (χ0) is 23.4. The molecule has 1 amide bonds. The fourth-order valence-electron chi connectivity index (χ4n) is 4.52. The van der Waals surface area contributed by atoms with Gasteiger partial charge in [0.1, 0.15) is 0 Å². The Morgan fingerprint density at radius 2 is 1.67 bits per heavy atom. The van der Waals surface area contributed by atoms with Gasteiger partial charge in [-0.1, -0.05) is 49.4 Å². The topological polar surface area (TPSA) is 78.5 Å². The molecule has 1 heterocycles. The molecule has 1 aliphatic heterocycles. The number of anilines is 1. The van der Waals surface area contributed by atoms with Crippen molar-refractivity contribution in [1.29, 1.82) is 0 Å². The van der Waals surface area contributed by atoms with Crippen LogP contribution in [0.3, 0.4) is 0 Å². The van der Waals surface area contributed by atoms with E-state index in [0.29, 0.717) is 22.0 Å². The van der Waals surface area contributed by atoms with Gasteiger partial charge in [-0.2, -0.15) is 0 Å². The number of likely N-dealkylation sites (tertiary alicyclic amines) is 1. The van der Waals surface area contributed by atoms with Crippen LogP contribution < -0.4 is 10.0 Å². The first-order valence-corrected chi connectivity index (χ1v) is 13.0. The van der Waals surface area contributed by atoms with E-state index < -0.39 is 10.0 Å². The zero-order valence-electron chi connectivity index (χ0n) is 19.2. The van der Waals surface area contributed by atoms with Gasteiger partial charge in [-0.05, 0) is 69.6 Å². The summed E-state index contributed by atoms with van der Waals surface area (Å²) in [5.41, 5.74) is 2.06. The fraction of sp³-hybridized carbons (Fsp3) is 0.346. The summed E-state index contributed by atoms with van der Waals surface area (Å²) in [6.07, 6.45) is 2.72. The Kier molecular flexibility index (Phi) is 7.12. The maximum absolute atomic E-state index is 13.3. The molecule has 3 aromatic rings. The van der Waals surface area contributed by atoms with E-state index in [-0.39, 0.29) is 16.8 Å². The summed E-state index contributed by atoms with van der Waals surface area (Å²) < 4.78 is 29.5. The van der Waals surface area contributed by atoms with E-state index in [1.54, 1.807) is 36.4 Å². The number of amides is 1. The van der Waals surface area contributed by atoms with Crippen LogP contribution in [0.4, 0.5) is 5.69 Å². The highest BCUT2D eigenvalue weighted by molar-refractivity contribution is 7.89. The molecule has 0 radical (unpaired) electrons. The predicted octanol–water partition coefficient (Wildman–Crippen LogP) is 4.55. The molecular formula is C26H31N3O3S. The second-order valence-corrected chi connectivity index (χ2v) is 10.3. The Bertz CT molecular complexity index is 1250. The van der Waals surface area contributed by atoms with Crippen LogP contribution in [0.15, 0.2) is 65.6 Å². The summed E-state index contributed by atoms with van der Waals surface area (Å²) in [4.78, 5) is 15.5.